The van der Waals surface area contributed by atoms with E-state index in [2.05, 4.69) is 21.0 Å². The Morgan fingerprint density at radius 1 is 1.33 bits per heavy atom. The van der Waals surface area contributed by atoms with Gasteiger partial charge in [0.05, 0.1) is 32.2 Å². The van der Waals surface area contributed by atoms with E-state index in [0.717, 1.165) is 15.7 Å². The SMILES string of the molecule is CCn1nc(C)c(Br)c1CS(=O)(=O)c1cc(C)ccc1N. The molecule has 0 unspecified atom stereocenters. The first-order valence-electron chi connectivity index (χ1n) is 6.57. The Bertz CT molecular complexity index is 782. The molecule has 0 atom stereocenters. The zero-order valence-corrected chi connectivity index (χ0v) is 14.6. The number of anilines is 1. The molecule has 2 N–H and O–H groups in total. The zero-order valence-electron chi connectivity index (χ0n) is 12.2. The second-order valence-corrected chi connectivity index (χ2v) is 7.71. The van der Waals surface area contributed by atoms with Crippen LogP contribution in [-0.2, 0) is 22.1 Å². The van der Waals surface area contributed by atoms with Crippen molar-refractivity contribution in [2.45, 2.75) is 38.0 Å². The van der Waals surface area contributed by atoms with Crippen molar-refractivity contribution in [1.82, 2.24) is 9.78 Å². The van der Waals surface area contributed by atoms with Crippen LogP contribution in [0.3, 0.4) is 0 Å². The third kappa shape index (κ3) is 3.13. The number of aryl methyl sites for hydroxylation is 3. The number of halogens is 1. The lowest BCUT2D eigenvalue weighted by atomic mass is 10.2. The minimum Gasteiger partial charge on any atom is -0.398 e. The third-order valence-corrected chi connectivity index (χ3v) is 5.99. The van der Waals surface area contributed by atoms with Gasteiger partial charge in [-0.2, -0.15) is 5.10 Å². The Balaban J connectivity index is 2.50. The Hall–Kier alpha value is -1.34. The molecular formula is C14H18BrN3O2S. The predicted octanol–water partition coefficient (Wildman–Crippen LogP) is 2.84. The van der Waals surface area contributed by atoms with Crippen LogP contribution in [0.5, 0.6) is 0 Å². The van der Waals surface area contributed by atoms with Crippen LogP contribution in [0.2, 0.25) is 0 Å². The summed E-state index contributed by atoms with van der Waals surface area (Å²) in [6.45, 7) is 6.22. The van der Waals surface area contributed by atoms with Gasteiger partial charge in [0, 0.05) is 6.54 Å². The van der Waals surface area contributed by atoms with Gasteiger partial charge in [0.1, 0.15) is 0 Å². The van der Waals surface area contributed by atoms with E-state index in [1.165, 1.54) is 0 Å². The smallest absolute Gasteiger partial charge is 0.186 e. The van der Waals surface area contributed by atoms with Crippen LogP contribution < -0.4 is 5.73 Å². The van der Waals surface area contributed by atoms with E-state index in [0.29, 0.717) is 12.2 Å². The van der Waals surface area contributed by atoms with Crippen LogP contribution in [-0.4, -0.2) is 18.2 Å². The number of hydrogen-bond donors (Lipinski definition) is 1. The fourth-order valence-electron chi connectivity index (χ4n) is 2.18. The van der Waals surface area contributed by atoms with Crippen LogP contribution >= 0.6 is 15.9 Å². The summed E-state index contributed by atoms with van der Waals surface area (Å²) < 4.78 is 27.8. The van der Waals surface area contributed by atoms with E-state index in [1.54, 1.807) is 22.9 Å². The molecule has 0 saturated heterocycles. The maximum atomic E-state index is 12.7. The molecule has 0 aliphatic carbocycles. The largest absolute Gasteiger partial charge is 0.398 e. The van der Waals surface area contributed by atoms with E-state index in [-0.39, 0.29) is 16.3 Å². The maximum absolute atomic E-state index is 12.7. The van der Waals surface area contributed by atoms with Gasteiger partial charge in [-0.25, -0.2) is 8.42 Å². The monoisotopic (exact) mass is 371 g/mol. The number of benzene rings is 1. The Morgan fingerprint density at radius 2 is 2.00 bits per heavy atom. The van der Waals surface area contributed by atoms with Crippen molar-refractivity contribution < 1.29 is 8.42 Å². The molecule has 0 radical (unpaired) electrons. The molecule has 1 aromatic heterocycles. The third-order valence-electron chi connectivity index (χ3n) is 3.28. The molecule has 114 valence electrons. The first-order valence-corrected chi connectivity index (χ1v) is 9.01. The summed E-state index contributed by atoms with van der Waals surface area (Å²) in [5, 5.41) is 4.32. The van der Waals surface area contributed by atoms with Gasteiger partial charge in [-0.1, -0.05) is 6.07 Å². The molecule has 21 heavy (non-hydrogen) atoms. The average molecular weight is 372 g/mol. The maximum Gasteiger partial charge on any atom is 0.186 e. The number of hydrogen-bond acceptors (Lipinski definition) is 4. The van der Waals surface area contributed by atoms with Gasteiger partial charge in [0.2, 0.25) is 0 Å². The summed E-state index contributed by atoms with van der Waals surface area (Å²) in [5.41, 5.74) is 8.39. The van der Waals surface area contributed by atoms with Crippen LogP contribution in [0.15, 0.2) is 27.6 Å². The molecule has 0 bridgehead atoms. The number of sulfone groups is 1. The van der Waals surface area contributed by atoms with Crippen molar-refractivity contribution in [3.05, 3.63) is 39.6 Å². The zero-order chi connectivity index (χ0) is 15.8. The summed E-state index contributed by atoms with van der Waals surface area (Å²) in [5.74, 6) is -0.129. The van der Waals surface area contributed by atoms with Crippen LogP contribution in [0.4, 0.5) is 5.69 Å². The van der Waals surface area contributed by atoms with Gasteiger partial charge < -0.3 is 5.73 Å². The Morgan fingerprint density at radius 3 is 2.62 bits per heavy atom. The normalized spacial score (nSPS) is 11.8. The summed E-state index contributed by atoms with van der Waals surface area (Å²) in [6, 6.07) is 5.03. The molecule has 0 spiro atoms. The highest BCUT2D eigenvalue weighted by Crippen LogP contribution is 2.28. The van der Waals surface area contributed by atoms with Gasteiger partial charge >= 0.3 is 0 Å². The summed E-state index contributed by atoms with van der Waals surface area (Å²) in [7, 11) is -3.52. The molecule has 0 aliphatic rings. The van der Waals surface area contributed by atoms with E-state index in [9.17, 15) is 8.42 Å². The van der Waals surface area contributed by atoms with Gasteiger partial charge in [-0.15, -0.1) is 0 Å². The lowest BCUT2D eigenvalue weighted by Crippen LogP contribution is -2.12. The van der Waals surface area contributed by atoms with Gasteiger partial charge in [0.25, 0.3) is 0 Å². The number of aromatic nitrogens is 2. The minimum atomic E-state index is -3.52. The summed E-state index contributed by atoms with van der Waals surface area (Å²) >= 11 is 3.42. The summed E-state index contributed by atoms with van der Waals surface area (Å²) in [4.78, 5) is 0.177. The topological polar surface area (TPSA) is 78.0 Å². The first-order chi connectivity index (χ1) is 9.76. The lowest BCUT2D eigenvalue weighted by Gasteiger charge is -2.10. The predicted molar refractivity (Wildman–Crippen MR) is 86.8 cm³/mol. The average Bonchev–Trinajstić information content (AvgIpc) is 2.68. The van der Waals surface area contributed by atoms with Crippen LogP contribution in [0.1, 0.15) is 23.9 Å². The molecule has 1 heterocycles. The molecule has 0 aliphatic heterocycles. The minimum absolute atomic E-state index is 0.129. The molecule has 0 amide bonds. The highest BCUT2D eigenvalue weighted by Gasteiger charge is 2.23. The highest BCUT2D eigenvalue weighted by molar-refractivity contribution is 9.10. The van der Waals surface area contributed by atoms with Crippen LogP contribution in [0, 0.1) is 13.8 Å². The van der Waals surface area contributed by atoms with E-state index < -0.39 is 9.84 Å². The number of nitrogens with two attached hydrogens (primary N) is 1. The van der Waals surface area contributed by atoms with Gasteiger partial charge in [-0.05, 0) is 54.4 Å². The lowest BCUT2D eigenvalue weighted by molar-refractivity contribution is 0.585. The molecule has 2 rings (SSSR count). The molecule has 0 fully saturated rings. The second kappa shape index (κ2) is 5.81. The van der Waals surface area contributed by atoms with Crippen LogP contribution in [0.25, 0.3) is 0 Å². The Kier molecular flexibility index (Phi) is 4.43. The second-order valence-electron chi connectivity index (χ2n) is 4.96. The standard InChI is InChI=1S/C14H18BrN3O2S/c1-4-18-12(14(15)10(3)17-18)8-21(19,20)13-7-9(2)5-6-11(13)16/h5-7H,4,8,16H2,1-3H3. The number of nitrogens with zero attached hydrogens (tertiary/aromatic N) is 2. The molecule has 0 saturated carbocycles. The van der Waals surface area contributed by atoms with Crippen molar-refractivity contribution in [1.29, 1.82) is 0 Å². The van der Waals surface area contributed by atoms with Gasteiger partial charge in [-0.3, -0.25) is 4.68 Å². The number of nitrogen functional groups attached to an aromatic ring is 1. The molecule has 5 nitrogen and oxygen atoms in total. The molecule has 7 heteroatoms. The van der Waals surface area contributed by atoms with Crippen molar-refractivity contribution in [3.8, 4) is 0 Å². The van der Waals surface area contributed by atoms with Crippen molar-refractivity contribution in [2.75, 3.05) is 5.73 Å². The van der Waals surface area contributed by atoms with E-state index in [4.69, 9.17) is 5.73 Å². The molecular weight excluding hydrogens is 354 g/mol. The summed E-state index contributed by atoms with van der Waals surface area (Å²) in [6.07, 6.45) is 0. The quantitative estimate of drug-likeness (QED) is 0.838. The fourth-order valence-corrected chi connectivity index (χ4v) is 4.39. The van der Waals surface area contributed by atoms with Crippen molar-refractivity contribution in [3.63, 3.8) is 0 Å². The molecule has 1 aromatic carbocycles. The van der Waals surface area contributed by atoms with Crippen molar-refractivity contribution >= 4 is 31.5 Å². The van der Waals surface area contributed by atoms with Crippen molar-refractivity contribution in [2.24, 2.45) is 0 Å². The fraction of sp³-hybridized carbons (Fsp3) is 0.357. The molecule has 2 aromatic rings. The Labute approximate surface area is 133 Å². The van der Waals surface area contributed by atoms with Gasteiger partial charge in [0.15, 0.2) is 9.84 Å². The highest BCUT2D eigenvalue weighted by atomic mass is 79.9. The first kappa shape index (κ1) is 16.0. The van der Waals surface area contributed by atoms with E-state index >= 15 is 0 Å². The van der Waals surface area contributed by atoms with E-state index in [1.807, 2.05) is 20.8 Å². The number of rotatable bonds is 4.